The van der Waals surface area contributed by atoms with Crippen molar-refractivity contribution in [3.05, 3.63) is 59.4 Å². The van der Waals surface area contributed by atoms with Crippen molar-refractivity contribution >= 4 is 17.4 Å². The Labute approximate surface area is 176 Å². The van der Waals surface area contributed by atoms with Crippen LogP contribution in [0.2, 0.25) is 0 Å². The summed E-state index contributed by atoms with van der Waals surface area (Å²) in [5, 5.41) is 11.2. The predicted molar refractivity (Wildman–Crippen MR) is 116 cm³/mol. The first-order chi connectivity index (χ1) is 14.8. The molecule has 1 unspecified atom stereocenters. The second-order valence-corrected chi connectivity index (χ2v) is 8.20. The number of amides is 1. The van der Waals surface area contributed by atoms with Gasteiger partial charge in [0.1, 0.15) is 5.82 Å². The van der Waals surface area contributed by atoms with Crippen LogP contribution >= 0.6 is 0 Å². The predicted octanol–water partition coefficient (Wildman–Crippen LogP) is 1.95. The van der Waals surface area contributed by atoms with Crippen molar-refractivity contribution in [3.8, 4) is 0 Å². The van der Waals surface area contributed by atoms with E-state index in [2.05, 4.69) is 20.6 Å². The van der Waals surface area contributed by atoms with Gasteiger partial charge in [0.25, 0.3) is 0 Å². The molecular formula is C23H28N6O. The van der Waals surface area contributed by atoms with Crippen LogP contribution in [0.25, 0.3) is 5.65 Å². The third-order valence-electron chi connectivity index (χ3n) is 6.18. The molecule has 0 bridgehead atoms. The summed E-state index contributed by atoms with van der Waals surface area (Å²) in [7, 11) is 0. The molecular weight excluding hydrogens is 376 g/mol. The molecule has 7 nitrogen and oxygen atoms in total. The van der Waals surface area contributed by atoms with E-state index in [1.807, 2.05) is 47.1 Å². The summed E-state index contributed by atoms with van der Waals surface area (Å²) in [4.78, 5) is 20.1. The number of piperidine rings is 1. The normalized spacial score (nSPS) is 19.3. The fourth-order valence-electron chi connectivity index (χ4n) is 4.65. The molecule has 3 aromatic rings. The number of nitrogens with zero attached hydrogens (tertiary/aromatic N) is 4. The van der Waals surface area contributed by atoms with Gasteiger partial charge < -0.3 is 15.5 Å². The molecule has 0 radical (unpaired) electrons. The maximum atomic E-state index is 12.9. The molecule has 5 rings (SSSR count). The largest absolute Gasteiger partial charge is 0.355 e. The van der Waals surface area contributed by atoms with Crippen molar-refractivity contribution in [2.45, 2.75) is 32.2 Å². The van der Waals surface area contributed by atoms with Gasteiger partial charge in [-0.3, -0.25) is 4.79 Å². The van der Waals surface area contributed by atoms with Gasteiger partial charge in [0.2, 0.25) is 5.91 Å². The molecule has 1 saturated heterocycles. The lowest BCUT2D eigenvalue weighted by atomic mass is 9.96. The second kappa shape index (κ2) is 8.44. The number of rotatable bonds is 4. The molecule has 0 aliphatic carbocycles. The number of hydrogen-bond acceptors (Lipinski definition) is 5. The molecule has 156 valence electrons. The Morgan fingerprint density at radius 1 is 1.17 bits per heavy atom. The Balaban J connectivity index is 1.38. The van der Waals surface area contributed by atoms with Crippen molar-refractivity contribution in [2.75, 3.05) is 31.1 Å². The third-order valence-corrected chi connectivity index (χ3v) is 6.18. The van der Waals surface area contributed by atoms with Gasteiger partial charge in [-0.1, -0.05) is 30.3 Å². The first kappa shape index (κ1) is 19.1. The van der Waals surface area contributed by atoms with E-state index in [1.165, 1.54) is 11.3 Å². The average molecular weight is 405 g/mol. The van der Waals surface area contributed by atoms with E-state index in [9.17, 15) is 4.79 Å². The molecule has 1 aromatic carbocycles. The summed E-state index contributed by atoms with van der Waals surface area (Å²) in [5.74, 6) is 1.26. The molecule has 4 heterocycles. The van der Waals surface area contributed by atoms with E-state index in [1.54, 1.807) is 0 Å². The molecule has 0 saturated carbocycles. The van der Waals surface area contributed by atoms with Crippen molar-refractivity contribution in [1.29, 1.82) is 0 Å². The minimum absolute atomic E-state index is 0.0132. The summed E-state index contributed by atoms with van der Waals surface area (Å²) in [6.45, 7) is 4.15. The average Bonchev–Trinajstić information content (AvgIpc) is 3.13. The lowest BCUT2D eigenvalue weighted by molar-refractivity contribution is -0.125. The Morgan fingerprint density at radius 2 is 2.03 bits per heavy atom. The van der Waals surface area contributed by atoms with Gasteiger partial charge in [0.15, 0.2) is 5.65 Å². The van der Waals surface area contributed by atoms with Gasteiger partial charge in [-0.15, -0.1) is 0 Å². The van der Waals surface area contributed by atoms with Gasteiger partial charge in [0, 0.05) is 44.2 Å². The first-order valence-electron chi connectivity index (χ1n) is 10.9. The zero-order valence-electron chi connectivity index (χ0n) is 17.2. The molecule has 2 N–H and O–H groups in total. The van der Waals surface area contributed by atoms with Gasteiger partial charge in [-0.25, -0.2) is 4.98 Å². The number of aromatic nitrogens is 3. The molecule has 2 aliphatic rings. The van der Waals surface area contributed by atoms with Gasteiger partial charge in [-0.05, 0) is 31.4 Å². The van der Waals surface area contributed by atoms with Crippen LogP contribution in [0.5, 0.6) is 0 Å². The highest BCUT2D eigenvalue weighted by Gasteiger charge is 2.30. The standard InChI is InChI=1S/C23H28N6O/c30-22(25-15-17-5-2-1-3-6-17)18-7-4-14-28(16-18)23-19-8-11-24-12-9-20(19)27-21-10-13-26-29(21)23/h1-3,5-6,10,13,18,24H,4,7-9,11-12,14-16H2,(H,25,30). The van der Waals surface area contributed by atoms with Gasteiger partial charge in [-0.2, -0.15) is 9.61 Å². The molecule has 1 atom stereocenters. The number of fused-ring (bicyclic) bond motifs is 2. The second-order valence-electron chi connectivity index (χ2n) is 8.20. The summed E-state index contributed by atoms with van der Waals surface area (Å²) in [5.41, 5.74) is 4.46. The van der Waals surface area contributed by atoms with E-state index in [0.717, 1.165) is 68.9 Å². The lowest BCUT2D eigenvalue weighted by Gasteiger charge is -2.35. The van der Waals surface area contributed by atoms with E-state index < -0.39 is 0 Å². The van der Waals surface area contributed by atoms with E-state index in [0.29, 0.717) is 6.54 Å². The first-order valence-corrected chi connectivity index (χ1v) is 10.9. The van der Waals surface area contributed by atoms with Crippen molar-refractivity contribution in [3.63, 3.8) is 0 Å². The van der Waals surface area contributed by atoms with Crippen LogP contribution in [-0.4, -0.2) is 46.7 Å². The van der Waals surface area contributed by atoms with E-state index in [4.69, 9.17) is 4.98 Å². The van der Waals surface area contributed by atoms with Crippen molar-refractivity contribution in [2.24, 2.45) is 5.92 Å². The van der Waals surface area contributed by atoms with Crippen LogP contribution in [0.15, 0.2) is 42.6 Å². The van der Waals surface area contributed by atoms with Crippen LogP contribution < -0.4 is 15.5 Å². The summed E-state index contributed by atoms with van der Waals surface area (Å²) in [6, 6.07) is 12.1. The van der Waals surface area contributed by atoms with Crippen LogP contribution in [0.1, 0.15) is 29.7 Å². The Morgan fingerprint density at radius 3 is 2.93 bits per heavy atom. The van der Waals surface area contributed by atoms with Crippen LogP contribution in [0.3, 0.4) is 0 Å². The molecule has 0 spiro atoms. The highest BCUT2D eigenvalue weighted by atomic mass is 16.1. The van der Waals surface area contributed by atoms with Crippen molar-refractivity contribution < 1.29 is 4.79 Å². The smallest absolute Gasteiger partial charge is 0.225 e. The summed E-state index contributed by atoms with van der Waals surface area (Å²) < 4.78 is 1.97. The number of hydrogen-bond donors (Lipinski definition) is 2. The van der Waals surface area contributed by atoms with Crippen LogP contribution in [-0.2, 0) is 24.2 Å². The highest BCUT2D eigenvalue weighted by molar-refractivity contribution is 5.79. The summed E-state index contributed by atoms with van der Waals surface area (Å²) >= 11 is 0. The van der Waals surface area contributed by atoms with E-state index >= 15 is 0 Å². The molecule has 2 aromatic heterocycles. The number of carbonyl (C=O) groups excluding carboxylic acids is 1. The zero-order chi connectivity index (χ0) is 20.3. The Kier molecular flexibility index (Phi) is 5.36. The van der Waals surface area contributed by atoms with Crippen molar-refractivity contribution in [1.82, 2.24) is 25.2 Å². The molecule has 1 amide bonds. The number of nitrogens with one attached hydrogen (secondary N) is 2. The number of carbonyl (C=O) groups is 1. The monoisotopic (exact) mass is 404 g/mol. The van der Waals surface area contributed by atoms with Crippen LogP contribution in [0.4, 0.5) is 5.82 Å². The molecule has 7 heteroatoms. The van der Waals surface area contributed by atoms with Gasteiger partial charge in [0.05, 0.1) is 17.8 Å². The Hall–Kier alpha value is -2.93. The topological polar surface area (TPSA) is 74.6 Å². The minimum atomic E-state index is -0.0132. The number of benzene rings is 1. The fraction of sp³-hybridized carbons (Fsp3) is 0.435. The SMILES string of the molecule is O=C(NCc1ccccc1)C1CCCN(c2c3c(nc4ccnn24)CCNCC3)C1. The maximum absolute atomic E-state index is 12.9. The minimum Gasteiger partial charge on any atom is -0.355 e. The summed E-state index contributed by atoms with van der Waals surface area (Å²) in [6.07, 6.45) is 5.61. The third kappa shape index (κ3) is 3.77. The quantitative estimate of drug-likeness (QED) is 0.695. The van der Waals surface area contributed by atoms with E-state index in [-0.39, 0.29) is 11.8 Å². The van der Waals surface area contributed by atoms with Crippen LogP contribution in [0, 0.1) is 5.92 Å². The lowest BCUT2D eigenvalue weighted by Crippen LogP contribution is -2.44. The Bertz CT molecular complexity index is 1030. The highest BCUT2D eigenvalue weighted by Crippen LogP contribution is 2.30. The zero-order valence-corrected chi connectivity index (χ0v) is 17.2. The molecule has 30 heavy (non-hydrogen) atoms. The maximum Gasteiger partial charge on any atom is 0.225 e. The fourth-order valence-corrected chi connectivity index (χ4v) is 4.65. The number of anilines is 1. The molecule has 1 fully saturated rings. The van der Waals surface area contributed by atoms with Gasteiger partial charge >= 0.3 is 0 Å². The molecule has 2 aliphatic heterocycles.